The Morgan fingerprint density at radius 1 is 1.06 bits per heavy atom. The van der Waals surface area contributed by atoms with E-state index in [-0.39, 0.29) is 0 Å². The molecule has 3 rings (SSSR count). The molecule has 4 nitrogen and oxygen atoms in total. The van der Waals surface area contributed by atoms with Crippen LogP contribution in [0, 0.1) is 5.41 Å². The van der Waals surface area contributed by atoms with Crippen molar-refractivity contribution < 1.29 is 23.1 Å². The monoisotopic (exact) mass is 448 g/mol. The fraction of sp³-hybridized carbons (Fsp3) is 0.480. The van der Waals surface area contributed by atoms with Gasteiger partial charge in [-0.1, -0.05) is 69.3 Å². The smallest absolute Gasteiger partial charge is 0.416 e. The number of rotatable bonds is 5. The Morgan fingerprint density at radius 3 is 2.22 bits per heavy atom. The van der Waals surface area contributed by atoms with E-state index >= 15 is 0 Å². The van der Waals surface area contributed by atoms with Crippen LogP contribution in [0.3, 0.4) is 0 Å². The second-order valence-electron chi connectivity index (χ2n) is 9.74. The Bertz CT molecular complexity index is 915. The van der Waals surface area contributed by atoms with E-state index in [1.165, 1.54) is 17.7 Å². The summed E-state index contributed by atoms with van der Waals surface area (Å²) in [6, 6.07) is 14.9. The minimum Gasteiger partial charge on any atom is -0.465 e. The molecular weight excluding hydrogens is 417 g/mol. The topological polar surface area (TPSA) is 52.6 Å². The first kappa shape index (κ1) is 24.1. The molecule has 1 atom stereocenters. The number of halogens is 3. The van der Waals surface area contributed by atoms with Crippen molar-refractivity contribution >= 4 is 6.09 Å². The molecule has 0 aromatic heterocycles. The maximum absolute atomic E-state index is 13.5. The number of piperidine rings is 1. The van der Waals surface area contributed by atoms with Gasteiger partial charge in [0.15, 0.2) is 0 Å². The first-order valence-corrected chi connectivity index (χ1v) is 10.9. The molecule has 0 saturated carbocycles. The van der Waals surface area contributed by atoms with Crippen molar-refractivity contribution in [3.8, 4) is 0 Å². The largest absolute Gasteiger partial charge is 0.465 e. The third-order valence-corrected chi connectivity index (χ3v) is 6.45. The molecule has 2 N–H and O–H groups in total. The molecular formula is C25H31F3N2O2. The number of nitrogens with one attached hydrogen (secondary N) is 1. The third kappa shape index (κ3) is 5.44. The van der Waals surface area contributed by atoms with Crippen LogP contribution >= 0.6 is 0 Å². The predicted octanol–water partition coefficient (Wildman–Crippen LogP) is 5.92. The summed E-state index contributed by atoms with van der Waals surface area (Å²) in [6.45, 7) is 7.88. The highest BCUT2D eigenvalue weighted by Gasteiger charge is 2.49. The molecule has 7 heteroatoms. The van der Waals surface area contributed by atoms with Crippen molar-refractivity contribution in [2.24, 2.45) is 5.41 Å². The number of nitrogens with zero attached hydrogens (tertiary/aromatic N) is 1. The lowest BCUT2D eigenvalue weighted by Crippen LogP contribution is -2.60. The van der Waals surface area contributed by atoms with Crippen LogP contribution in [-0.4, -0.2) is 35.2 Å². The quantitative estimate of drug-likeness (QED) is 0.597. The predicted molar refractivity (Wildman–Crippen MR) is 118 cm³/mol. The molecule has 1 aliphatic rings. The summed E-state index contributed by atoms with van der Waals surface area (Å²) in [7, 11) is 0. The van der Waals surface area contributed by atoms with Gasteiger partial charge >= 0.3 is 12.3 Å². The normalized spacial score (nSPS) is 18.2. The number of carboxylic acid groups (broad SMARTS) is 1. The van der Waals surface area contributed by atoms with Gasteiger partial charge in [0.25, 0.3) is 0 Å². The summed E-state index contributed by atoms with van der Waals surface area (Å²) >= 11 is 0. The minimum atomic E-state index is -4.46. The van der Waals surface area contributed by atoms with Crippen LogP contribution in [-0.2, 0) is 18.1 Å². The van der Waals surface area contributed by atoms with Crippen LogP contribution in [0.4, 0.5) is 18.0 Å². The Labute approximate surface area is 187 Å². The summed E-state index contributed by atoms with van der Waals surface area (Å²) in [4.78, 5) is 14.0. The standard InChI is InChI=1S/C25H31F3N2O2/c1-23(2,3)21(29-22(31)32)24(19-10-7-11-20(16-19)25(26,27)28)12-14-30(15-13-24)17-18-8-5-4-6-9-18/h4-11,16,21,29H,12-15,17H2,1-3H3,(H,31,32). The van der Waals surface area contributed by atoms with Crippen LogP contribution in [0.1, 0.15) is 50.3 Å². The highest BCUT2D eigenvalue weighted by atomic mass is 19.4. The first-order valence-electron chi connectivity index (χ1n) is 10.9. The molecule has 0 spiro atoms. The van der Waals surface area contributed by atoms with Gasteiger partial charge in [-0.15, -0.1) is 0 Å². The molecule has 1 fully saturated rings. The van der Waals surface area contributed by atoms with Crippen LogP contribution < -0.4 is 5.32 Å². The lowest BCUT2D eigenvalue weighted by Gasteiger charge is -2.51. The second kappa shape index (κ2) is 9.14. The number of hydrogen-bond donors (Lipinski definition) is 2. The van der Waals surface area contributed by atoms with Crippen LogP contribution in [0.15, 0.2) is 54.6 Å². The number of carbonyl (C=O) groups is 1. The van der Waals surface area contributed by atoms with Gasteiger partial charge in [-0.2, -0.15) is 13.2 Å². The highest BCUT2D eigenvalue weighted by molar-refractivity contribution is 5.65. The molecule has 1 aliphatic heterocycles. The number of likely N-dealkylation sites (tertiary alicyclic amines) is 1. The lowest BCUT2D eigenvalue weighted by atomic mass is 9.60. The van der Waals surface area contributed by atoms with Gasteiger partial charge in [0.05, 0.1) is 5.56 Å². The first-order chi connectivity index (χ1) is 14.9. The zero-order valence-corrected chi connectivity index (χ0v) is 18.7. The molecule has 1 unspecified atom stereocenters. The molecule has 1 saturated heterocycles. The van der Waals surface area contributed by atoms with E-state index in [1.807, 2.05) is 39.0 Å². The van der Waals surface area contributed by atoms with Crippen molar-refractivity contribution in [1.82, 2.24) is 10.2 Å². The van der Waals surface area contributed by atoms with E-state index in [9.17, 15) is 23.1 Å². The van der Waals surface area contributed by atoms with E-state index in [2.05, 4.69) is 22.3 Å². The van der Waals surface area contributed by atoms with Crippen molar-refractivity contribution in [3.05, 3.63) is 71.3 Å². The van der Waals surface area contributed by atoms with Gasteiger partial charge in [0.2, 0.25) is 0 Å². The lowest BCUT2D eigenvalue weighted by molar-refractivity contribution is -0.137. The minimum absolute atomic E-state index is 0.492. The molecule has 0 bridgehead atoms. The third-order valence-electron chi connectivity index (χ3n) is 6.45. The number of benzene rings is 2. The second-order valence-corrected chi connectivity index (χ2v) is 9.74. The molecule has 1 amide bonds. The average molecular weight is 449 g/mol. The van der Waals surface area contributed by atoms with Gasteiger partial charge in [0.1, 0.15) is 0 Å². The number of hydrogen-bond acceptors (Lipinski definition) is 2. The Hall–Kier alpha value is -2.54. The number of amides is 1. The Morgan fingerprint density at radius 2 is 1.69 bits per heavy atom. The molecule has 32 heavy (non-hydrogen) atoms. The summed E-state index contributed by atoms with van der Waals surface area (Å²) in [5.74, 6) is 0. The fourth-order valence-corrected chi connectivity index (χ4v) is 5.01. The van der Waals surface area contributed by atoms with Gasteiger partial charge in [-0.3, -0.25) is 4.90 Å². The molecule has 2 aromatic rings. The van der Waals surface area contributed by atoms with Crippen molar-refractivity contribution in [2.45, 2.75) is 57.8 Å². The number of alkyl halides is 3. The van der Waals surface area contributed by atoms with Gasteiger partial charge in [0, 0.05) is 18.0 Å². The maximum Gasteiger partial charge on any atom is 0.416 e. The van der Waals surface area contributed by atoms with Gasteiger partial charge in [-0.25, -0.2) is 4.79 Å². The molecule has 1 heterocycles. The maximum atomic E-state index is 13.5. The van der Waals surface area contributed by atoms with E-state index < -0.39 is 34.7 Å². The highest BCUT2D eigenvalue weighted by Crippen LogP contribution is 2.46. The fourth-order valence-electron chi connectivity index (χ4n) is 5.01. The van der Waals surface area contributed by atoms with Crippen molar-refractivity contribution in [2.75, 3.05) is 13.1 Å². The molecule has 174 valence electrons. The van der Waals surface area contributed by atoms with E-state index in [1.54, 1.807) is 6.07 Å². The van der Waals surface area contributed by atoms with Crippen molar-refractivity contribution in [3.63, 3.8) is 0 Å². The summed E-state index contributed by atoms with van der Waals surface area (Å²) in [5.41, 5.74) is -0.223. The zero-order valence-electron chi connectivity index (χ0n) is 18.7. The molecule has 0 radical (unpaired) electrons. The van der Waals surface area contributed by atoms with Crippen LogP contribution in [0.5, 0.6) is 0 Å². The summed E-state index contributed by atoms with van der Waals surface area (Å²) in [5, 5.41) is 12.2. The summed E-state index contributed by atoms with van der Waals surface area (Å²) in [6.07, 6.45) is -4.50. The van der Waals surface area contributed by atoms with Gasteiger partial charge in [-0.05, 0) is 48.5 Å². The van der Waals surface area contributed by atoms with Crippen molar-refractivity contribution in [1.29, 1.82) is 0 Å². The van der Waals surface area contributed by atoms with E-state index in [0.717, 1.165) is 12.6 Å². The van der Waals surface area contributed by atoms with E-state index in [4.69, 9.17) is 0 Å². The van der Waals surface area contributed by atoms with E-state index in [0.29, 0.717) is 31.5 Å². The summed E-state index contributed by atoms with van der Waals surface area (Å²) < 4.78 is 40.5. The Balaban J connectivity index is 1.98. The average Bonchev–Trinajstić information content (AvgIpc) is 2.72. The molecule has 0 aliphatic carbocycles. The Kier molecular flexibility index (Phi) is 6.89. The zero-order chi connectivity index (χ0) is 23.6. The van der Waals surface area contributed by atoms with Gasteiger partial charge < -0.3 is 10.4 Å². The van der Waals surface area contributed by atoms with Crippen LogP contribution in [0.25, 0.3) is 0 Å². The van der Waals surface area contributed by atoms with Crippen LogP contribution in [0.2, 0.25) is 0 Å². The molecule has 2 aromatic carbocycles. The SMILES string of the molecule is CC(C)(C)C(NC(=O)O)C1(c2cccc(C(F)(F)F)c2)CCN(Cc2ccccc2)CC1.